The number of non-ortho nitro benzene ring substituents is 1. The van der Waals surface area contributed by atoms with Crippen molar-refractivity contribution in [1.82, 2.24) is 5.32 Å². The molecule has 0 unspecified atom stereocenters. The van der Waals surface area contributed by atoms with Crippen LogP contribution in [-0.2, 0) is 14.4 Å². The summed E-state index contributed by atoms with van der Waals surface area (Å²) in [6.07, 6.45) is 1.26. The Bertz CT molecular complexity index is 1600. The van der Waals surface area contributed by atoms with Crippen LogP contribution in [0.15, 0.2) is 66.2 Å². The van der Waals surface area contributed by atoms with Crippen molar-refractivity contribution in [2.75, 3.05) is 23.4 Å². The molecule has 1 fully saturated rings. The second-order valence-electron chi connectivity index (χ2n) is 8.96. The number of anilines is 2. The van der Waals surface area contributed by atoms with E-state index in [1.807, 2.05) is 26.0 Å². The van der Waals surface area contributed by atoms with E-state index in [9.17, 15) is 29.3 Å². The van der Waals surface area contributed by atoms with Crippen LogP contribution in [0.1, 0.15) is 23.6 Å². The summed E-state index contributed by atoms with van der Waals surface area (Å²) >= 11 is 0. The number of rotatable bonds is 9. The predicted molar refractivity (Wildman–Crippen MR) is 150 cm³/mol. The molecule has 0 radical (unpaired) electrons. The third kappa shape index (κ3) is 6.38. The zero-order valence-electron chi connectivity index (χ0n) is 22.4. The Kier molecular flexibility index (Phi) is 8.42. The van der Waals surface area contributed by atoms with Crippen LogP contribution in [-0.4, -0.2) is 41.9 Å². The molecule has 1 aliphatic heterocycles. The van der Waals surface area contributed by atoms with E-state index < -0.39 is 22.8 Å². The Morgan fingerprint density at radius 1 is 1.02 bits per heavy atom. The summed E-state index contributed by atoms with van der Waals surface area (Å²) < 4.78 is 11.3. The summed E-state index contributed by atoms with van der Waals surface area (Å²) in [7, 11) is 0. The van der Waals surface area contributed by atoms with Crippen LogP contribution in [0.2, 0.25) is 0 Å². The average Bonchev–Trinajstić information content (AvgIpc) is 2.93. The first kappa shape index (κ1) is 28.5. The van der Waals surface area contributed by atoms with Gasteiger partial charge in [0.25, 0.3) is 23.4 Å². The molecule has 4 rings (SSSR count). The SMILES string of the molecule is CCOc1cc(/C=C2/C(=O)NC(=O)N(c3cccc([N+](=O)[O-])c3)C2=O)ccc1OCC(=O)Nc1cccc(C)c1C. The highest BCUT2D eigenvalue weighted by Crippen LogP contribution is 2.31. The minimum atomic E-state index is -1.03. The Labute approximate surface area is 234 Å². The number of carbonyl (C=O) groups is 4. The Morgan fingerprint density at radius 2 is 1.78 bits per heavy atom. The van der Waals surface area contributed by atoms with Gasteiger partial charge in [0.2, 0.25) is 0 Å². The third-order valence-electron chi connectivity index (χ3n) is 6.22. The first-order valence-electron chi connectivity index (χ1n) is 12.5. The number of aryl methyl sites for hydroxylation is 1. The van der Waals surface area contributed by atoms with Crippen LogP contribution in [0, 0.1) is 24.0 Å². The van der Waals surface area contributed by atoms with E-state index in [0.29, 0.717) is 16.2 Å². The molecular weight excluding hydrogens is 532 g/mol. The molecule has 0 spiro atoms. The average molecular weight is 559 g/mol. The number of carbonyl (C=O) groups excluding carboxylic acids is 4. The van der Waals surface area contributed by atoms with Gasteiger partial charge in [0, 0.05) is 17.8 Å². The fourth-order valence-corrected chi connectivity index (χ4v) is 4.02. The van der Waals surface area contributed by atoms with E-state index >= 15 is 0 Å². The molecule has 5 amide bonds. The van der Waals surface area contributed by atoms with Gasteiger partial charge in [0.1, 0.15) is 5.57 Å². The van der Waals surface area contributed by atoms with Gasteiger partial charge in [-0.05, 0) is 67.8 Å². The number of ether oxygens (including phenoxy) is 2. The summed E-state index contributed by atoms with van der Waals surface area (Å²) in [5, 5.41) is 16.0. The third-order valence-corrected chi connectivity index (χ3v) is 6.22. The molecule has 2 N–H and O–H groups in total. The van der Waals surface area contributed by atoms with Crippen molar-refractivity contribution in [3.8, 4) is 11.5 Å². The van der Waals surface area contributed by atoms with Gasteiger partial charge >= 0.3 is 6.03 Å². The van der Waals surface area contributed by atoms with Gasteiger partial charge in [-0.15, -0.1) is 0 Å². The highest BCUT2D eigenvalue weighted by atomic mass is 16.6. The number of nitrogens with one attached hydrogen (secondary N) is 2. The molecule has 1 aliphatic rings. The number of urea groups is 1. The number of nitrogens with zero attached hydrogens (tertiary/aromatic N) is 2. The first-order valence-corrected chi connectivity index (χ1v) is 12.5. The molecule has 1 heterocycles. The summed E-state index contributed by atoms with van der Waals surface area (Å²) in [4.78, 5) is 61.9. The molecule has 12 nitrogen and oxygen atoms in total. The minimum absolute atomic E-state index is 0.0713. The first-order chi connectivity index (χ1) is 19.6. The van der Waals surface area contributed by atoms with Crippen molar-refractivity contribution in [1.29, 1.82) is 0 Å². The number of benzene rings is 3. The predicted octanol–water partition coefficient (Wildman–Crippen LogP) is 4.29. The highest BCUT2D eigenvalue weighted by Gasteiger charge is 2.37. The van der Waals surface area contributed by atoms with Crippen molar-refractivity contribution in [2.24, 2.45) is 0 Å². The monoisotopic (exact) mass is 558 g/mol. The number of hydrogen-bond donors (Lipinski definition) is 2. The van der Waals surface area contributed by atoms with E-state index in [4.69, 9.17) is 9.47 Å². The second-order valence-corrected chi connectivity index (χ2v) is 8.96. The number of barbiturate groups is 1. The molecule has 1 saturated heterocycles. The molecule has 0 aliphatic carbocycles. The van der Waals surface area contributed by atoms with Gasteiger partial charge in [-0.2, -0.15) is 0 Å². The van der Waals surface area contributed by atoms with Gasteiger partial charge < -0.3 is 14.8 Å². The Balaban J connectivity index is 1.55. The normalized spacial score (nSPS) is 14.1. The molecule has 0 aromatic heterocycles. The lowest BCUT2D eigenvalue weighted by Crippen LogP contribution is -2.54. The zero-order valence-corrected chi connectivity index (χ0v) is 22.4. The number of hydrogen-bond acceptors (Lipinski definition) is 8. The largest absolute Gasteiger partial charge is 0.490 e. The van der Waals surface area contributed by atoms with Crippen molar-refractivity contribution >= 4 is 46.9 Å². The Hall–Kier alpha value is -5.52. The van der Waals surface area contributed by atoms with Gasteiger partial charge in [0.15, 0.2) is 18.1 Å². The maximum Gasteiger partial charge on any atom is 0.335 e. The Morgan fingerprint density at radius 3 is 2.51 bits per heavy atom. The van der Waals surface area contributed by atoms with Gasteiger partial charge in [0.05, 0.1) is 17.2 Å². The maximum absolute atomic E-state index is 13.2. The van der Waals surface area contributed by atoms with E-state index in [-0.39, 0.29) is 47.6 Å². The summed E-state index contributed by atoms with van der Waals surface area (Å²) in [5.41, 5.74) is 2.25. The maximum atomic E-state index is 13.2. The van der Waals surface area contributed by atoms with Gasteiger partial charge in [-0.3, -0.25) is 29.8 Å². The van der Waals surface area contributed by atoms with Crippen LogP contribution in [0.5, 0.6) is 11.5 Å². The topological polar surface area (TPSA) is 157 Å². The summed E-state index contributed by atoms with van der Waals surface area (Å²) in [6.45, 7) is 5.57. The quantitative estimate of drug-likeness (QED) is 0.170. The molecular formula is C29H26N4O8. The summed E-state index contributed by atoms with van der Waals surface area (Å²) in [6, 6.07) is 14.1. The van der Waals surface area contributed by atoms with E-state index in [1.165, 1.54) is 36.4 Å². The van der Waals surface area contributed by atoms with Crippen molar-refractivity contribution in [3.63, 3.8) is 0 Å². The lowest BCUT2D eigenvalue weighted by Gasteiger charge is -2.26. The lowest BCUT2D eigenvalue weighted by molar-refractivity contribution is -0.384. The van der Waals surface area contributed by atoms with Crippen molar-refractivity contribution < 1.29 is 33.6 Å². The molecule has 0 atom stereocenters. The molecule has 12 heteroatoms. The van der Waals surface area contributed by atoms with Gasteiger partial charge in [-0.25, -0.2) is 9.69 Å². The van der Waals surface area contributed by atoms with Crippen molar-refractivity contribution in [3.05, 3.63) is 93.0 Å². The number of nitro groups is 1. The molecule has 3 aromatic carbocycles. The standard InChI is InChI=1S/C29H26N4O8/c1-4-40-25-14-19(11-12-24(25)41-16-26(34)30-23-10-5-7-17(2)18(23)3)13-22-27(35)31-29(37)32(28(22)36)20-8-6-9-21(15-20)33(38)39/h5-15H,4,16H2,1-3H3,(H,30,34)(H,31,35,37)/b22-13-. The molecule has 0 bridgehead atoms. The van der Waals surface area contributed by atoms with E-state index in [2.05, 4.69) is 10.6 Å². The minimum Gasteiger partial charge on any atom is -0.490 e. The van der Waals surface area contributed by atoms with E-state index in [0.717, 1.165) is 17.2 Å². The zero-order chi connectivity index (χ0) is 29.7. The van der Waals surface area contributed by atoms with Crippen molar-refractivity contribution in [2.45, 2.75) is 20.8 Å². The molecule has 0 saturated carbocycles. The van der Waals surface area contributed by atoms with Crippen LogP contribution in [0.3, 0.4) is 0 Å². The summed E-state index contributed by atoms with van der Waals surface area (Å²) in [5.74, 6) is -1.74. The van der Waals surface area contributed by atoms with Crippen LogP contribution in [0.25, 0.3) is 6.08 Å². The lowest BCUT2D eigenvalue weighted by atomic mass is 10.1. The smallest absolute Gasteiger partial charge is 0.335 e. The van der Waals surface area contributed by atoms with Crippen LogP contribution in [0.4, 0.5) is 21.9 Å². The molecule has 41 heavy (non-hydrogen) atoms. The number of nitro benzene ring substituents is 1. The molecule has 210 valence electrons. The second kappa shape index (κ2) is 12.1. The fourth-order valence-electron chi connectivity index (χ4n) is 4.02. The number of amides is 5. The van der Waals surface area contributed by atoms with Crippen LogP contribution < -0.4 is 25.0 Å². The van der Waals surface area contributed by atoms with Crippen LogP contribution >= 0.6 is 0 Å². The highest BCUT2D eigenvalue weighted by molar-refractivity contribution is 6.39. The number of imide groups is 2. The van der Waals surface area contributed by atoms with Gasteiger partial charge in [-0.1, -0.05) is 24.3 Å². The fraction of sp³-hybridized carbons (Fsp3) is 0.172. The molecule has 3 aromatic rings. The van der Waals surface area contributed by atoms with E-state index in [1.54, 1.807) is 19.1 Å².